The summed E-state index contributed by atoms with van der Waals surface area (Å²) in [4.78, 5) is 2.85. The van der Waals surface area contributed by atoms with Crippen LogP contribution in [0.5, 0.6) is 0 Å². The van der Waals surface area contributed by atoms with E-state index in [-0.39, 0.29) is 0 Å². The van der Waals surface area contributed by atoms with Crippen molar-refractivity contribution in [2.45, 2.75) is 91.1 Å². The molecule has 21 heavy (non-hydrogen) atoms. The summed E-state index contributed by atoms with van der Waals surface area (Å²) < 4.78 is 0. The van der Waals surface area contributed by atoms with Crippen LogP contribution in [0, 0.1) is 11.3 Å². The molecule has 1 N–H and O–H groups in total. The Balaban J connectivity index is 2.00. The zero-order valence-electron chi connectivity index (χ0n) is 15.0. The molecular formula is C19H38N2. The van der Waals surface area contributed by atoms with Crippen molar-refractivity contribution in [1.82, 2.24) is 10.2 Å². The first-order chi connectivity index (χ1) is 10.1. The number of rotatable bonds is 5. The van der Waals surface area contributed by atoms with Gasteiger partial charge in [-0.1, -0.05) is 34.1 Å². The SMILES string of the molecule is CCCNC1CCC(C)(C)CC1N1CCCC(CC)CC1. The molecule has 1 aliphatic carbocycles. The minimum Gasteiger partial charge on any atom is -0.312 e. The van der Waals surface area contributed by atoms with Crippen LogP contribution in [0.2, 0.25) is 0 Å². The van der Waals surface area contributed by atoms with Gasteiger partial charge in [-0.3, -0.25) is 4.90 Å². The Morgan fingerprint density at radius 1 is 1.10 bits per heavy atom. The summed E-state index contributed by atoms with van der Waals surface area (Å²) >= 11 is 0. The van der Waals surface area contributed by atoms with Crippen LogP contribution >= 0.6 is 0 Å². The van der Waals surface area contributed by atoms with Crippen LogP contribution in [0.15, 0.2) is 0 Å². The molecule has 2 rings (SSSR count). The van der Waals surface area contributed by atoms with E-state index in [9.17, 15) is 0 Å². The van der Waals surface area contributed by atoms with Crippen LogP contribution in [-0.2, 0) is 0 Å². The average molecular weight is 295 g/mol. The molecule has 2 aliphatic rings. The van der Waals surface area contributed by atoms with E-state index in [0.29, 0.717) is 5.41 Å². The molecule has 0 aromatic heterocycles. The lowest BCUT2D eigenvalue weighted by Gasteiger charge is -2.46. The highest BCUT2D eigenvalue weighted by molar-refractivity contribution is 4.95. The van der Waals surface area contributed by atoms with Crippen molar-refractivity contribution in [3.63, 3.8) is 0 Å². The summed E-state index contributed by atoms with van der Waals surface area (Å²) in [7, 11) is 0. The van der Waals surface area contributed by atoms with Gasteiger partial charge in [0.25, 0.3) is 0 Å². The summed E-state index contributed by atoms with van der Waals surface area (Å²) in [6.07, 6.45) is 11.1. The quantitative estimate of drug-likeness (QED) is 0.806. The van der Waals surface area contributed by atoms with Gasteiger partial charge in [0, 0.05) is 12.1 Å². The van der Waals surface area contributed by atoms with Gasteiger partial charge in [0.2, 0.25) is 0 Å². The second-order valence-corrected chi connectivity index (χ2v) is 8.28. The van der Waals surface area contributed by atoms with E-state index in [2.05, 4.69) is 37.9 Å². The van der Waals surface area contributed by atoms with Crippen molar-refractivity contribution in [3.05, 3.63) is 0 Å². The maximum atomic E-state index is 3.86. The van der Waals surface area contributed by atoms with E-state index in [1.807, 2.05) is 0 Å². The molecule has 0 radical (unpaired) electrons. The van der Waals surface area contributed by atoms with Crippen LogP contribution in [0.3, 0.4) is 0 Å². The third kappa shape index (κ3) is 4.96. The molecule has 0 amide bonds. The lowest BCUT2D eigenvalue weighted by molar-refractivity contribution is 0.0662. The van der Waals surface area contributed by atoms with Crippen LogP contribution in [0.25, 0.3) is 0 Å². The van der Waals surface area contributed by atoms with Crippen molar-refractivity contribution >= 4 is 0 Å². The number of likely N-dealkylation sites (tertiary alicyclic amines) is 1. The predicted octanol–water partition coefficient (Wildman–Crippen LogP) is 4.45. The molecule has 0 spiro atoms. The second-order valence-electron chi connectivity index (χ2n) is 8.28. The number of hydrogen-bond donors (Lipinski definition) is 1. The number of hydrogen-bond acceptors (Lipinski definition) is 2. The Bertz CT molecular complexity index is 300. The molecule has 1 aliphatic heterocycles. The fourth-order valence-corrected chi connectivity index (χ4v) is 4.43. The van der Waals surface area contributed by atoms with Crippen molar-refractivity contribution in [1.29, 1.82) is 0 Å². The highest BCUT2D eigenvalue weighted by Crippen LogP contribution is 2.38. The normalized spacial score (nSPS) is 34.6. The van der Waals surface area contributed by atoms with Gasteiger partial charge >= 0.3 is 0 Å². The third-order valence-electron chi connectivity index (χ3n) is 5.94. The van der Waals surface area contributed by atoms with E-state index in [1.54, 1.807) is 0 Å². The topological polar surface area (TPSA) is 15.3 Å². The predicted molar refractivity (Wildman–Crippen MR) is 92.7 cm³/mol. The minimum absolute atomic E-state index is 0.533. The Hall–Kier alpha value is -0.0800. The number of nitrogens with one attached hydrogen (secondary N) is 1. The molecule has 0 aromatic rings. The van der Waals surface area contributed by atoms with Crippen LogP contribution in [0.4, 0.5) is 0 Å². The molecule has 0 aromatic carbocycles. The molecule has 1 saturated heterocycles. The van der Waals surface area contributed by atoms with E-state index >= 15 is 0 Å². The second kappa shape index (κ2) is 7.97. The largest absolute Gasteiger partial charge is 0.312 e. The van der Waals surface area contributed by atoms with E-state index in [1.165, 1.54) is 71.0 Å². The van der Waals surface area contributed by atoms with Gasteiger partial charge in [0.1, 0.15) is 0 Å². The smallest absolute Gasteiger partial charge is 0.0254 e. The van der Waals surface area contributed by atoms with Gasteiger partial charge in [0.15, 0.2) is 0 Å². The highest BCUT2D eigenvalue weighted by atomic mass is 15.2. The minimum atomic E-state index is 0.533. The molecule has 3 unspecified atom stereocenters. The fraction of sp³-hybridized carbons (Fsp3) is 1.00. The molecule has 2 nitrogen and oxygen atoms in total. The summed E-state index contributed by atoms with van der Waals surface area (Å²) in [5.41, 5.74) is 0.533. The first-order valence-electron chi connectivity index (χ1n) is 9.53. The van der Waals surface area contributed by atoms with Crippen LogP contribution in [0.1, 0.15) is 79.1 Å². The maximum absolute atomic E-state index is 3.86. The van der Waals surface area contributed by atoms with Crippen LogP contribution in [-0.4, -0.2) is 36.6 Å². The zero-order chi connectivity index (χ0) is 15.3. The molecule has 2 heteroatoms. The third-order valence-corrected chi connectivity index (χ3v) is 5.94. The lowest BCUT2D eigenvalue weighted by Crippen LogP contribution is -2.55. The lowest BCUT2D eigenvalue weighted by atomic mass is 9.72. The molecule has 0 bridgehead atoms. The summed E-state index contributed by atoms with van der Waals surface area (Å²) in [5, 5.41) is 3.86. The first kappa shape index (κ1) is 17.3. The highest BCUT2D eigenvalue weighted by Gasteiger charge is 2.38. The fourth-order valence-electron chi connectivity index (χ4n) is 4.43. The maximum Gasteiger partial charge on any atom is 0.0254 e. The van der Waals surface area contributed by atoms with Crippen LogP contribution < -0.4 is 5.32 Å². The molecule has 124 valence electrons. The monoisotopic (exact) mass is 294 g/mol. The van der Waals surface area contributed by atoms with Crippen molar-refractivity contribution < 1.29 is 0 Å². The van der Waals surface area contributed by atoms with Gasteiger partial charge in [-0.05, 0) is 75.9 Å². The van der Waals surface area contributed by atoms with Gasteiger partial charge in [-0.25, -0.2) is 0 Å². The Morgan fingerprint density at radius 2 is 1.90 bits per heavy atom. The molecule has 1 saturated carbocycles. The zero-order valence-corrected chi connectivity index (χ0v) is 15.0. The van der Waals surface area contributed by atoms with Crippen molar-refractivity contribution in [3.8, 4) is 0 Å². The van der Waals surface area contributed by atoms with Gasteiger partial charge in [-0.2, -0.15) is 0 Å². The van der Waals surface area contributed by atoms with E-state index in [4.69, 9.17) is 0 Å². The summed E-state index contributed by atoms with van der Waals surface area (Å²) in [5.74, 6) is 0.980. The van der Waals surface area contributed by atoms with E-state index in [0.717, 1.165) is 18.0 Å². The van der Waals surface area contributed by atoms with Gasteiger partial charge < -0.3 is 5.32 Å². The standard InChI is InChI=1S/C19H38N2/c1-5-12-20-17-9-11-19(3,4)15-18(17)21-13-7-8-16(6-2)10-14-21/h16-18,20H,5-15H2,1-4H3. The van der Waals surface area contributed by atoms with Gasteiger partial charge in [0.05, 0.1) is 0 Å². The molecule has 2 fully saturated rings. The number of nitrogens with zero attached hydrogens (tertiary/aromatic N) is 1. The van der Waals surface area contributed by atoms with Crippen molar-refractivity contribution in [2.75, 3.05) is 19.6 Å². The molecule has 3 atom stereocenters. The molecular weight excluding hydrogens is 256 g/mol. The summed E-state index contributed by atoms with van der Waals surface area (Å²) in [6, 6.07) is 1.51. The van der Waals surface area contributed by atoms with E-state index < -0.39 is 0 Å². The Morgan fingerprint density at radius 3 is 2.62 bits per heavy atom. The molecule has 1 heterocycles. The summed E-state index contributed by atoms with van der Waals surface area (Å²) in [6.45, 7) is 13.5. The van der Waals surface area contributed by atoms with Gasteiger partial charge in [-0.15, -0.1) is 0 Å². The van der Waals surface area contributed by atoms with Crippen molar-refractivity contribution in [2.24, 2.45) is 11.3 Å². The Kier molecular flexibility index (Phi) is 6.55. The average Bonchev–Trinajstić information content (AvgIpc) is 2.70. The first-order valence-corrected chi connectivity index (χ1v) is 9.53. The Labute approximate surface area is 133 Å².